The van der Waals surface area contributed by atoms with Gasteiger partial charge >= 0.3 is 0 Å². The largest absolute Gasteiger partial charge is 0.255 e. The third kappa shape index (κ3) is 2.51. The summed E-state index contributed by atoms with van der Waals surface area (Å²) in [5.74, 6) is 6.93. The molecule has 0 saturated carbocycles. The Morgan fingerprint density at radius 2 is 2.13 bits per heavy atom. The van der Waals surface area contributed by atoms with Gasteiger partial charge in [-0.1, -0.05) is 30.0 Å². The van der Waals surface area contributed by atoms with Crippen LogP contribution in [0.15, 0.2) is 36.5 Å². The van der Waals surface area contributed by atoms with Gasteiger partial charge in [0.05, 0.1) is 5.52 Å². The summed E-state index contributed by atoms with van der Waals surface area (Å²) in [6.07, 6.45) is 2.63. The molecule has 0 fully saturated rings. The van der Waals surface area contributed by atoms with Crippen LogP contribution in [-0.2, 0) is 0 Å². The average molecular weight is 213 g/mol. The van der Waals surface area contributed by atoms with Crippen molar-refractivity contribution >= 4 is 23.5 Å². The summed E-state index contributed by atoms with van der Waals surface area (Å²) in [5.41, 5.74) is 1.98. The molecule has 74 valence electrons. The number of benzene rings is 1. The second-order valence-corrected chi connectivity index (χ2v) is 3.64. The van der Waals surface area contributed by atoms with Crippen LogP contribution in [0.2, 0.25) is 0 Å². The molecule has 0 bridgehead atoms. The van der Waals surface area contributed by atoms with Crippen molar-refractivity contribution in [2.24, 2.45) is 0 Å². The highest BCUT2D eigenvalue weighted by Gasteiger charge is 1.93. The van der Waals surface area contributed by atoms with Crippen LogP contribution < -0.4 is 0 Å². The highest BCUT2D eigenvalue weighted by Crippen LogP contribution is 2.11. The standard InChI is InChI=1S/C13H11NS/c15-8-4-3-5-11-9-12-6-1-2-7-13(12)14-10-11/h1-2,6-7,9-10,15H,4,8H2. The number of rotatable bonds is 1. The first kappa shape index (κ1) is 10.1. The fourth-order valence-electron chi connectivity index (χ4n) is 1.36. The normalized spacial score (nSPS) is 9.67. The Morgan fingerprint density at radius 1 is 1.27 bits per heavy atom. The van der Waals surface area contributed by atoms with Gasteiger partial charge in [0, 0.05) is 29.3 Å². The molecule has 0 aliphatic heterocycles. The van der Waals surface area contributed by atoms with Gasteiger partial charge in [0.2, 0.25) is 0 Å². The first-order chi connectivity index (χ1) is 7.40. The first-order valence-electron chi connectivity index (χ1n) is 4.84. The fraction of sp³-hybridized carbons (Fsp3) is 0.154. The number of pyridine rings is 1. The zero-order chi connectivity index (χ0) is 10.5. The van der Waals surface area contributed by atoms with Gasteiger partial charge in [0.1, 0.15) is 0 Å². The Labute approximate surface area is 94.9 Å². The number of aromatic nitrogens is 1. The molecule has 0 aliphatic rings. The van der Waals surface area contributed by atoms with Crippen molar-refractivity contribution in [3.05, 3.63) is 42.1 Å². The van der Waals surface area contributed by atoms with E-state index in [0.717, 1.165) is 28.6 Å². The summed E-state index contributed by atoms with van der Waals surface area (Å²) in [6.45, 7) is 0. The maximum absolute atomic E-state index is 4.34. The van der Waals surface area contributed by atoms with Gasteiger partial charge in [-0.25, -0.2) is 0 Å². The molecule has 0 atom stereocenters. The molecule has 0 aliphatic carbocycles. The number of hydrogen-bond acceptors (Lipinski definition) is 2. The van der Waals surface area contributed by atoms with Crippen LogP contribution in [-0.4, -0.2) is 10.7 Å². The minimum absolute atomic E-state index is 0.800. The van der Waals surface area contributed by atoms with E-state index in [9.17, 15) is 0 Å². The van der Waals surface area contributed by atoms with E-state index in [-0.39, 0.29) is 0 Å². The van der Waals surface area contributed by atoms with Crippen molar-refractivity contribution in [3.8, 4) is 11.8 Å². The lowest BCUT2D eigenvalue weighted by molar-refractivity contribution is 1.31. The van der Waals surface area contributed by atoms with Gasteiger partial charge < -0.3 is 0 Å². The number of thiol groups is 1. The van der Waals surface area contributed by atoms with E-state index in [4.69, 9.17) is 0 Å². The van der Waals surface area contributed by atoms with Crippen LogP contribution in [0, 0.1) is 11.8 Å². The maximum Gasteiger partial charge on any atom is 0.0702 e. The quantitative estimate of drug-likeness (QED) is 0.567. The van der Waals surface area contributed by atoms with E-state index in [0.29, 0.717) is 0 Å². The minimum atomic E-state index is 0.800. The van der Waals surface area contributed by atoms with Crippen LogP contribution in [0.4, 0.5) is 0 Å². The summed E-state index contributed by atoms with van der Waals surface area (Å²) >= 11 is 4.11. The molecule has 1 heterocycles. The van der Waals surface area contributed by atoms with Crippen molar-refractivity contribution in [3.63, 3.8) is 0 Å². The summed E-state index contributed by atoms with van der Waals surface area (Å²) in [6, 6.07) is 10.1. The topological polar surface area (TPSA) is 12.9 Å². The second-order valence-electron chi connectivity index (χ2n) is 3.19. The molecule has 0 spiro atoms. The predicted molar refractivity (Wildman–Crippen MR) is 67.1 cm³/mol. The Bertz CT molecular complexity index is 523. The van der Waals surface area contributed by atoms with Crippen LogP contribution in [0.5, 0.6) is 0 Å². The highest BCUT2D eigenvalue weighted by molar-refractivity contribution is 7.80. The Hall–Kier alpha value is -1.46. The lowest BCUT2D eigenvalue weighted by atomic mass is 10.1. The Morgan fingerprint density at radius 3 is 3.00 bits per heavy atom. The predicted octanol–water partition coefficient (Wildman–Crippen LogP) is 2.91. The molecule has 1 nitrogen and oxygen atoms in total. The van der Waals surface area contributed by atoms with Crippen molar-refractivity contribution in [2.75, 3.05) is 5.75 Å². The Kier molecular flexibility index (Phi) is 3.26. The molecule has 0 saturated heterocycles. The molecule has 0 N–H and O–H groups in total. The molecule has 1 aromatic heterocycles. The van der Waals surface area contributed by atoms with Gasteiger partial charge in [0.25, 0.3) is 0 Å². The smallest absolute Gasteiger partial charge is 0.0702 e. The monoisotopic (exact) mass is 213 g/mol. The summed E-state index contributed by atoms with van der Waals surface area (Å²) in [7, 11) is 0. The molecule has 1 aromatic carbocycles. The lowest BCUT2D eigenvalue weighted by Gasteiger charge is -1.96. The Balaban J connectivity index is 2.36. The molecule has 15 heavy (non-hydrogen) atoms. The van der Waals surface area contributed by atoms with Crippen LogP contribution in [0.3, 0.4) is 0 Å². The molecule has 0 radical (unpaired) electrons. The van der Waals surface area contributed by atoms with E-state index in [1.807, 2.05) is 30.5 Å². The SMILES string of the molecule is SCCC#Cc1cnc2ccccc2c1. The van der Waals surface area contributed by atoms with Crippen molar-refractivity contribution in [1.29, 1.82) is 0 Å². The summed E-state index contributed by atoms with van der Waals surface area (Å²) < 4.78 is 0. The van der Waals surface area contributed by atoms with Crippen molar-refractivity contribution in [2.45, 2.75) is 6.42 Å². The van der Waals surface area contributed by atoms with Crippen LogP contribution in [0.25, 0.3) is 10.9 Å². The number of nitrogens with zero attached hydrogens (tertiary/aromatic N) is 1. The van der Waals surface area contributed by atoms with Gasteiger partial charge in [-0.3, -0.25) is 4.98 Å². The van der Waals surface area contributed by atoms with Gasteiger partial charge in [-0.05, 0) is 12.1 Å². The lowest BCUT2D eigenvalue weighted by Crippen LogP contribution is -1.81. The van der Waals surface area contributed by atoms with E-state index in [1.54, 1.807) is 0 Å². The third-order valence-corrected chi connectivity index (χ3v) is 2.28. The second kappa shape index (κ2) is 4.86. The van der Waals surface area contributed by atoms with Gasteiger partial charge in [-0.2, -0.15) is 12.6 Å². The van der Waals surface area contributed by atoms with E-state index in [2.05, 4.69) is 35.5 Å². The van der Waals surface area contributed by atoms with Crippen LogP contribution in [0.1, 0.15) is 12.0 Å². The van der Waals surface area contributed by atoms with Gasteiger partial charge in [0.15, 0.2) is 0 Å². The molecular formula is C13H11NS. The first-order valence-corrected chi connectivity index (χ1v) is 5.48. The van der Waals surface area contributed by atoms with E-state index < -0.39 is 0 Å². The molecule has 2 rings (SSSR count). The van der Waals surface area contributed by atoms with E-state index in [1.165, 1.54) is 0 Å². The molecular weight excluding hydrogens is 202 g/mol. The number of fused-ring (bicyclic) bond motifs is 1. The fourth-order valence-corrected chi connectivity index (χ4v) is 1.47. The zero-order valence-corrected chi connectivity index (χ0v) is 9.17. The number of para-hydroxylation sites is 1. The van der Waals surface area contributed by atoms with E-state index >= 15 is 0 Å². The highest BCUT2D eigenvalue weighted by atomic mass is 32.1. The average Bonchev–Trinajstić information content (AvgIpc) is 2.29. The van der Waals surface area contributed by atoms with Crippen molar-refractivity contribution in [1.82, 2.24) is 4.98 Å². The molecule has 2 aromatic rings. The third-order valence-electron chi connectivity index (χ3n) is 2.06. The van der Waals surface area contributed by atoms with Gasteiger partial charge in [-0.15, -0.1) is 0 Å². The molecule has 0 amide bonds. The van der Waals surface area contributed by atoms with Crippen LogP contribution >= 0.6 is 12.6 Å². The zero-order valence-electron chi connectivity index (χ0n) is 8.27. The maximum atomic E-state index is 4.34. The molecule has 0 unspecified atom stereocenters. The minimum Gasteiger partial charge on any atom is -0.255 e. The number of hydrogen-bond donors (Lipinski definition) is 1. The van der Waals surface area contributed by atoms with Crippen molar-refractivity contribution < 1.29 is 0 Å². The summed E-state index contributed by atoms with van der Waals surface area (Å²) in [4.78, 5) is 4.34. The summed E-state index contributed by atoms with van der Waals surface area (Å²) in [5, 5.41) is 1.13. The molecule has 2 heteroatoms.